The van der Waals surface area contributed by atoms with Gasteiger partial charge in [-0.15, -0.1) is 0 Å². The van der Waals surface area contributed by atoms with Gasteiger partial charge in [0.25, 0.3) is 5.56 Å². The molecule has 0 unspecified atom stereocenters. The fraction of sp³-hybridized carbons (Fsp3) is 0.294. The van der Waals surface area contributed by atoms with Gasteiger partial charge in [0.15, 0.2) is 5.65 Å². The molecule has 8 nitrogen and oxygen atoms in total. The van der Waals surface area contributed by atoms with Crippen LogP contribution in [0, 0.1) is 13.8 Å². The number of ether oxygens (including phenoxy) is 1. The summed E-state index contributed by atoms with van der Waals surface area (Å²) in [7, 11) is 1.59. The van der Waals surface area contributed by atoms with Crippen molar-refractivity contribution in [3.8, 4) is 5.69 Å². The van der Waals surface area contributed by atoms with Crippen LogP contribution in [0.25, 0.3) is 16.7 Å². The first-order valence-electron chi connectivity index (χ1n) is 7.84. The average Bonchev–Trinajstić information content (AvgIpc) is 2.58. The fourth-order valence-electron chi connectivity index (χ4n) is 2.55. The third kappa shape index (κ3) is 3.16. The predicted molar refractivity (Wildman–Crippen MR) is 95.6 cm³/mol. The standard InChI is InChI=1S/C17H19N5O3/c1-10-5-4-6-13(11(10)2)22-15(23)12-9-19-16(18-7-8-25-3)20-14(12)21-17(22)24/h4-6,9H,7-8H2,1-3H3,(H2,18,19,20,21,24). The number of aryl methyl sites for hydroxylation is 1. The van der Waals surface area contributed by atoms with Gasteiger partial charge >= 0.3 is 5.69 Å². The Morgan fingerprint density at radius 3 is 2.84 bits per heavy atom. The van der Waals surface area contributed by atoms with Crippen LogP contribution < -0.4 is 16.6 Å². The molecule has 0 bridgehead atoms. The highest BCUT2D eigenvalue weighted by Gasteiger charge is 2.13. The number of methoxy groups -OCH3 is 1. The first kappa shape index (κ1) is 16.8. The van der Waals surface area contributed by atoms with Crippen molar-refractivity contribution in [2.75, 3.05) is 25.6 Å². The van der Waals surface area contributed by atoms with E-state index in [1.54, 1.807) is 13.2 Å². The minimum atomic E-state index is -0.534. The number of anilines is 1. The van der Waals surface area contributed by atoms with E-state index in [9.17, 15) is 9.59 Å². The zero-order valence-corrected chi connectivity index (χ0v) is 14.3. The highest BCUT2D eigenvalue weighted by molar-refractivity contribution is 5.73. The first-order chi connectivity index (χ1) is 12.0. The third-order valence-corrected chi connectivity index (χ3v) is 4.06. The lowest BCUT2D eigenvalue weighted by molar-refractivity contribution is 0.210. The molecule has 8 heteroatoms. The summed E-state index contributed by atoms with van der Waals surface area (Å²) in [6, 6.07) is 5.49. The van der Waals surface area contributed by atoms with Crippen molar-refractivity contribution in [2.24, 2.45) is 0 Å². The molecule has 0 aliphatic heterocycles. The van der Waals surface area contributed by atoms with Gasteiger partial charge < -0.3 is 10.1 Å². The molecule has 0 spiro atoms. The molecule has 0 aliphatic carbocycles. The molecule has 0 fully saturated rings. The molecule has 0 saturated heterocycles. The highest BCUT2D eigenvalue weighted by Crippen LogP contribution is 2.15. The van der Waals surface area contributed by atoms with Gasteiger partial charge in [-0.3, -0.25) is 9.78 Å². The molecule has 2 heterocycles. The lowest BCUT2D eigenvalue weighted by Gasteiger charge is -2.11. The minimum absolute atomic E-state index is 0.200. The summed E-state index contributed by atoms with van der Waals surface area (Å²) in [5.41, 5.74) is 1.64. The van der Waals surface area contributed by atoms with Crippen molar-refractivity contribution in [1.82, 2.24) is 19.5 Å². The number of benzene rings is 1. The summed E-state index contributed by atoms with van der Waals surface area (Å²) >= 11 is 0. The van der Waals surface area contributed by atoms with Crippen molar-refractivity contribution in [1.29, 1.82) is 0 Å². The Labute approximate surface area is 143 Å². The van der Waals surface area contributed by atoms with E-state index in [-0.39, 0.29) is 11.0 Å². The zero-order valence-electron chi connectivity index (χ0n) is 14.3. The molecule has 0 amide bonds. The summed E-state index contributed by atoms with van der Waals surface area (Å²) in [4.78, 5) is 36.3. The molecular formula is C17H19N5O3. The maximum atomic E-state index is 12.8. The second-order valence-electron chi connectivity index (χ2n) is 5.67. The Morgan fingerprint density at radius 1 is 1.28 bits per heavy atom. The number of nitrogens with zero attached hydrogens (tertiary/aromatic N) is 3. The van der Waals surface area contributed by atoms with Crippen LogP contribution in [0.5, 0.6) is 0 Å². The van der Waals surface area contributed by atoms with Crippen LogP contribution in [0.2, 0.25) is 0 Å². The zero-order chi connectivity index (χ0) is 18.0. The van der Waals surface area contributed by atoms with Gasteiger partial charge in [0.1, 0.15) is 5.39 Å². The number of rotatable bonds is 5. The lowest BCUT2D eigenvalue weighted by atomic mass is 10.1. The maximum absolute atomic E-state index is 12.8. The molecule has 2 aromatic heterocycles. The molecule has 0 aliphatic rings. The molecule has 130 valence electrons. The largest absolute Gasteiger partial charge is 0.383 e. The molecule has 0 saturated carbocycles. The van der Waals surface area contributed by atoms with E-state index in [0.717, 1.165) is 15.7 Å². The molecular weight excluding hydrogens is 322 g/mol. The van der Waals surface area contributed by atoms with Gasteiger partial charge in [-0.1, -0.05) is 12.1 Å². The minimum Gasteiger partial charge on any atom is -0.383 e. The molecule has 2 N–H and O–H groups in total. The normalized spacial score (nSPS) is 11.0. The maximum Gasteiger partial charge on any atom is 0.334 e. The van der Waals surface area contributed by atoms with E-state index < -0.39 is 11.2 Å². The van der Waals surface area contributed by atoms with Crippen LogP contribution in [-0.2, 0) is 4.74 Å². The van der Waals surface area contributed by atoms with Crippen LogP contribution in [0.4, 0.5) is 5.95 Å². The van der Waals surface area contributed by atoms with Crippen LogP contribution >= 0.6 is 0 Å². The second kappa shape index (κ2) is 6.86. The summed E-state index contributed by atoms with van der Waals surface area (Å²) in [6.07, 6.45) is 1.41. The Balaban J connectivity index is 2.14. The molecule has 25 heavy (non-hydrogen) atoms. The van der Waals surface area contributed by atoms with Crippen LogP contribution in [0.15, 0.2) is 34.0 Å². The van der Waals surface area contributed by atoms with E-state index in [2.05, 4.69) is 20.3 Å². The van der Waals surface area contributed by atoms with Crippen molar-refractivity contribution in [3.63, 3.8) is 0 Å². The van der Waals surface area contributed by atoms with Gasteiger partial charge in [0, 0.05) is 19.9 Å². The van der Waals surface area contributed by atoms with E-state index in [1.807, 2.05) is 26.0 Å². The fourth-order valence-corrected chi connectivity index (χ4v) is 2.55. The van der Waals surface area contributed by atoms with E-state index in [0.29, 0.717) is 24.8 Å². The second-order valence-corrected chi connectivity index (χ2v) is 5.67. The van der Waals surface area contributed by atoms with Crippen molar-refractivity contribution in [2.45, 2.75) is 13.8 Å². The quantitative estimate of drug-likeness (QED) is 0.675. The van der Waals surface area contributed by atoms with Gasteiger partial charge in [0.05, 0.1) is 12.3 Å². The molecule has 3 rings (SSSR count). The number of aromatic nitrogens is 4. The first-order valence-corrected chi connectivity index (χ1v) is 7.84. The summed E-state index contributed by atoms with van der Waals surface area (Å²) < 4.78 is 6.06. The summed E-state index contributed by atoms with van der Waals surface area (Å²) in [5.74, 6) is 0.323. The van der Waals surface area contributed by atoms with E-state index in [1.165, 1.54) is 6.20 Å². The number of H-pyrrole nitrogens is 1. The average molecular weight is 341 g/mol. The van der Waals surface area contributed by atoms with Gasteiger partial charge in [-0.2, -0.15) is 4.98 Å². The number of fused-ring (bicyclic) bond motifs is 1. The Kier molecular flexibility index (Phi) is 4.62. The number of nitrogens with one attached hydrogen (secondary N) is 2. The lowest BCUT2D eigenvalue weighted by Crippen LogP contribution is -2.34. The van der Waals surface area contributed by atoms with Crippen LogP contribution in [-0.4, -0.2) is 39.8 Å². The van der Waals surface area contributed by atoms with Crippen molar-refractivity contribution >= 4 is 17.0 Å². The Bertz CT molecular complexity index is 1040. The molecule has 1 aromatic carbocycles. The number of hydrogen-bond donors (Lipinski definition) is 2. The summed E-state index contributed by atoms with van der Waals surface area (Å²) in [5, 5.41) is 3.21. The monoisotopic (exact) mass is 341 g/mol. The highest BCUT2D eigenvalue weighted by atomic mass is 16.5. The summed E-state index contributed by atoms with van der Waals surface area (Å²) in [6.45, 7) is 4.82. The molecule has 0 atom stereocenters. The van der Waals surface area contributed by atoms with Gasteiger partial charge in [-0.05, 0) is 31.0 Å². The van der Waals surface area contributed by atoms with E-state index in [4.69, 9.17) is 4.74 Å². The smallest absolute Gasteiger partial charge is 0.334 e. The van der Waals surface area contributed by atoms with Gasteiger partial charge in [0.2, 0.25) is 5.95 Å². The van der Waals surface area contributed by atoms with Gasteiger partial charge in [-0.25, -0.2) is 14.3 Å². The van der Waals surface area contributed by atoms with Crippen molar-refractivity contribution in [3.05, 3.63) is 56.4 Å². The van der Waals surface area contributed by atoms with Crippen LogP contribution in [0.3, 0.4) is 0 Å². The topological polar surface area (TPSA) is 102 Å². The van der Waals surface area contributed by atoms with E-state index >= 15 is 0 Å². The number of hydrogen-bond acceptors (Lipinski definition) is 6. The number of aromatic amines is 1. The van der Waals surface area contributed by atoms with Crippen molar-refractivity contribution < 1.29 is 4.74 Å². The van der Waals surface area contributed by atoms with Crippen LogP contribution in [0.1, 0.15) is 11.1 Å². The molecule has 0 radical (unpaired) electrons. The Hall–Kier alpha value is -3.00. The SMILES string of the molecule is COCCNc1ncc2c(=O)n(-c3cccc(C)c3C)c(=O)[nH]c2n1. The Morgan fingerprint density at radius 2 is 2.08 bits per heavy atom. The predicted octanol–water partition coefficient (Wildman–Crippen LogP) is 1.14. The molecule has 3 aromatic rings. The third-order valence-electron chi connectivity index (χ3n) is 4.06.